The zero-order valence-electron chi connectivity index (χ0n) is 13.4. The Morgan fingerprint density at radius 2 is 2.04 bits per heavy atom. The molecule has 0 bridgehead atoms. The number of hydrogen-bond donors (Lipinski definition) is 1. The topological polar surface area (TPSA) is 81.8 Å². The van der Waals surface area contributed by atoms with Crippen molar-refractivity contribution in [2.24, 2.45) is 7.05 Å². The van der Waals surface area contributed by atoms with Gasteiger partial charge in [0.15, 0.2) is 5.82 Å². The molecule has 0 aliphatic rings. The molecular weight excluding hydrogens is 306 g/mol. The maximum absolute atomic E-state index is 12.3. The van der Waals surface area contributed by atoms with Crippen LogP contribution in [-0.4, -0.2) is 25.2 Å². The fraction of sp³-hybridized carbons (Fsp3) is 0.176. The molecule has 0 atom stereocenters. The standard InChI is InChI=1S/C17H17N5O2/c1-12-6-5-7-13(10-12)19-15(23)11-22-17(24)21(2)16(20-22)14-8-3-4-9-18-14/h3-10H,11H2,1-2H3,(H,19,23). The minimum absolute atomic E-state index is 0.159. The molecule has 2 aromatic heterocycles. The maximum Gasteiger partial charge on any atom is 0.346 e. The predicted molar refractivity (Wildman–Crippen MR) is 90.5 cm³/mol. The van der Waals surface area contributed by atoms with E-state index in [1.165, 1.54) is 4.57 Å². The predicted octanol–water partition coefficient (Wildman–Crippen LogP) is 1.59. The van der Waals surface area contributed by atoms with Gasteiger partial charge in [0.25, 0.3) is 0 Å². The van der Waals surface area contributed by atoms with E-state index in [1.54, 1.807) is 31.4 Å². The SMILES string of the molecule is Cc1cccc(NC(=O)Cn2nc(-c3ccccn3)n(C)c2=O)c1. The van der Waals surface area contributed by atoms with Crippen molar-refractivity contribution in [3.63, 3.8) is 0 Å². The zero-order chi connectivity index (χ0) is 17.1. The molecule has 0 fully saturated rings. The van der Waals surface area contributed by atoms with Crippen molar-refractivity contribution < 1.29 is 4.79 Å². The lowest BCUT2D eigenvalue weighted by molar-refractivity contribution is -0.117. The summed E-state index contributed by atoms with van der Waals surface area (Å²) < 4.78 is 2.51. The van der Waals surface area contributed by atoms with E-state index >= 15 is 0 Å². The molecule has 1 N–H and O–H groups in total. The molecule has 24 heavy (non-hydrogen) atoms. The first kappa shape index (κ1) is 15.7. The van der Waals surface area contributed by atoms with E-state index in [2.05, 4.69) is 15.4 Å². The van der Waals surface area contributed by atoms with Crippen LogP contribution in [0.3, 0.4) is 0 Å². The first-order chi connectivity index (χ1) is 11.5. The first-order valence-electron chi connectivity index (χ1n) is 7.46. The van der Waals surface area contributed by atoms with Gasteiger partial charge in [0.2, 0.25) is 5.91 Å². The summed E-state index contributed by atoms with van der Waals surface area (Å²) in [5.74, 6) is 0.109. The van der Waals surface area contributed by atoms with Crippen LogP contribution >= 0.6 is 0 Å². The van der Waals surface area contributed by atoms with Gasteiger partial charge in [0.1, 0.15) is 12.2 Å². The fourth-order valence-corrected chi connectivity index (χ4v) is 2.37. The third kappa shape index (κ3) is 3.24. The molecule has 3 aromatic rings. The number of nitrogens with zero attached hydrogens (tertiary/aromatic N) is 4. The Kier molecular flexibility index (Phi) is 4.24. The van der Waals surface area contributed by atoms with E-state index in [0.717, 1.165) is 10.2 Å². The lowest BCUT2D eigenvalue weighted by Gasteiger charge is -2.05. The molecule has 1 aromatic carbocycles. The van der Waals surface area contributed by atoms with Crippen molar-refractivity contribution in [1.82, 2.24) is 19.3 Å². The molecule has 3 rings (SSSR count). The summed E-state index contributed by atoms with van der Waals surface area (Å²) in [6.45, 7) is 1.78. The van der Waals surface area contributed by atoms with Crippen LogP contribution in [0.15, 0.2) is 53.5 Å². The van der Waals surface area contributed by atoms with Gasteiger partial charge < -0.3 is 5.32 Å². The molecular formula is C17H17N5O2. The Labute approximate surface area is 138 Å². The van der Waals surface area contributed by atoms with E-state index in [0.29, 0.717) is 17.2 Å². The second kappa shape index (κ2) is 6.49. The molecule has 0 unspecified atom stereocenters. The van der Waals surface area contributed by atoms with E-state index < -0.39 is 0 Å². The molecule has 7 heteroatoms. The molecule has 0 aliphatic heterocycles. The van der Waals surface area contributed by atoms with Crippen LogP contribution in [0.2, 0.25) is 0 Å². The van der Waals surface area contributed by atoms with E-state index in [1.807, 2.05) is 31.2 Å². The number of carbonyl (C=O) groups is 1. The monoisotopic (exact) mass is 323 g/mol. The van der Waals surface area contributed by atoms with Gasteiger partial charge in [0, 0.05) is 18.9 Å². The van der Waals surface area contributed by atoms with Crippen molar-refractivity contribution in [3.8, 4) is 11.5 Å². The van der Waals surface area contributed by atoms with Crippen molar-refractivity contribution in [2.75, 3.05) is 5.32 Å². The Bertz CT molecular complexity index is 928. The molecule has 0 saturated carbocycles. The van der Waals surface area contributed by atoms with Crippen molar-refractivity contribution >= 4 is 11.6 Å². The van der Waals surface area contributed by atoms with Crippen LogP contribution in [0.4, 0.5) is 5.69 Å². The van der Waals surface area contributed by atoms with Crippen molar-refractivity contribution in [1.29, 1.82) is 0 Å². The van der Waals surface area contributed by atoms with Gasteiger partial charge in [-0.2, -0.15) is 0 Å². The molecule has 1 amide bonds. The van der Waals surface area contributed by atoms with Gasteiger partial charge in [-0.3, -0.25) is 14.3 Å². The Balaban J connectivity index is 1.81. The molecule has 0 spiro atoms. The third-order valence-electron chi connectivity index (χ3n) is 3.53. The average Bonchev–Trinajstić information content (AvgIpc) is 2.84. The van der Waals surface area contributed by atoms with Crippen LogP contribution < -0.4 is 11.0 Å². The van der Waals surface area contributed by atoms with Crippen LogP contribution in [0, 0.1) is 6.92 Å². The number of rotatable bonds is 4. The van der Waals surface area contributed by atoms with Crippen LogP contribution in [0.25, 0.3) is 11.5 Å². The average molecular weight is 323 g/mol. The van der Waals surface area contributed by atoms with Crippen LogP contribution in [0.1, 0.15) is 5.56 Å². The molecule has 2 heterocycles. The number of carbonyl (C=O) groups excluding carboxylic acids is 1. The Hall–Kier alpha value is -3.22. The number of aryl methyl sites for hydroxylation is 1. The van der Waals surface area contributed by atoms with Gasteiger partial charge in [-0.25, -0.2) is 9.48 Å². The molecule has 0 radical (unpaired) electrons. The number of nitrogens with one attached hydrogen (secondary N) is 1. The van der Waals surface area contributed by atoms with Gasteiger partial charge >= 0.3 is 5.69 Å². The molecule has 7 nitrogen and oxygen atoms in total. The van der Waals surface area contributed by atoms with Gasteiger partial charge in [0.05, 0.1) is 0 Å². The largest absolute Gasteiger partial charge is 0.346 e. The minimum atomic E-state index is -0.366. The van der Waals surface area contributed by atoms with Gasteiger partial charge in [-0.05, 0) is 36.8 Å². The number of amides is 1. The second-order valence-corrected chi connectivity index (χ2v) is 5.46. The van der Waals surface area contributed by atoms with E-state index in [9.17, 15) is 9.59 Å². The summed E-state index contributed by atoms with van der Waals surface area (Å²) in [6.07, 6.45) is 1.63. The lowest BCUT2D eigenvalue weighted by atomic mass is 10.2. The highest BCUT2D eigenvalue weighted by Crippen LogP contribution is 2.11. The highest BCUT2D eigenvalue weighted by atomic mass is 16.2. The molecule has 0 aliphatic carbocycles. The summed E-state index contributed by atoms with van der Waals surface area (Å²) in [5.41, 5.74) is 1.94. The fourth-order valence-electron chi connectivity index (χ4n) is 2.37. The Morgan fingerprint density at radius 1 is 1.21 bits per heavy atom. The summed E-state index contributed by atoms with van der Waals surface area (Å²) in [4.78, 5) is 28.6. The van der Waals surface area contributed by atoms with Gasteiger partial charge in [-0.15, -0.1) is 5.10 Å². The van der Waals surface area contributed by atoms with Crippen molar-refractivity contribution in [3.05, 3.63) is 64.7 Å². The number of hydrogen-bond acceptors (Lipinski definition) is 4. The maximum atomic E-state index is 12.3. The lowest BCUT2D eigenvalue weighted by Crippen LogP contribution is -2.29. The van der Waals surface area contributed by atoms with E-state index in [-0.39, 0.29) is 18.1 Å². The minimum Gasteiger partial charge on any atom is -0.324 e. The quantitative estimate of drug-likeness (QED) is 0.790. The van der Waals surface area contributed by atoms with Crippen molar-refractivity contribution in [2.45, 2.75) is 13.5 Å². The Morgan fingerprint density at radius 3 is 2.75 bits per heavy atom. The summed E-state index contributed by atoms with van der Waals surface area (Å²) in [7, 11) is 1.61. The summed E-state index contributed by atoms with van der Waals surface area (Å²) in [5, 5.41) is 6.99. The first-order valence-corrected chi connectivity index (χ1v) is 7.46. The number of anilines is 1. The third-order valence-corrected chi connectivity index (χ3v) is 3.53. The summed E-state index contributed by atoms with van der Waals surface area (Å²) >= 11 is 0. The van der Waals surface area contributed by atoms with Crippen LogP contribution in [0.5, 0.6) is 0 Å². The van der Waals surface area contributed by atoms with Crippen LogP contribution in [-0.2, 0) is 18.4 Å². The normalized spacial score (nSPS) is 10.6. The molecule has 122 valence electrons. The highest BCUT2D eigenvalue weighted by molar-refractivity contribution is 5.90. The van der Waals surface area contributed by atoms with E-state index in [4.69, 9.17) is 0 Å². The number of pyridine rings is 1. The zero-order valence-corrected chi connectivity index (χ0v) is 13.4. The highest BCUT2D eigenvalue weighted by Gasteiger charge is 2.15. The smallest absolute Gasteiger partial charge is 0.324 e. The second-order valence-electron chi connectivity index (χ2n) is 5.46. The number of benzene rings is 1. The number of aromatic nitrogens is 4. The van der Waals surface area contributed by atoms with Gasteiger partial charge in [-0.1, -0.05) is 18.2 Å². The molecule has 0 saturated heterocycles. The summed E-state index contributed by atoms with van der Waals surface area (Å²) in [6, 6.07) is 12.8.